The first-order chi connectivity index (χ1) is 13.0. The van der Waals surface area contributed by atoms with E-state index in [-0.39, 0.29) is 16.7 Å². The number of hydrogen-bond donors (Lipinski definition) is 1. The zero-order valence-electron chi connectivity index (χ0n) is 18.2. The number of allylic oxidation sites excluding steroid dienone is 1. The summed E-state index contributed by atoms with van der Waals surface area (Å²) in [6.07, 6.45) is 6.13. The first kappa shape index (κ1) is 20.4. The summed E-state index contributed by atoms with van der Waals surface area (Å²) in [5.41, 5.74) is 7.80. The van der Waals surface area contributed by atoms with E-state index in [4.69, 9.17) is 4.74 Å². The lowest BCUT2D eigenvalue weighted by molar-refractivity contribution is 0.0513. The normalized spacial score (nSPS) is 17.9. The molecule has 4 heteroatoms. The molecule has 0 atom stereocenters. The average molecular weight is 381 g/mol. The Morgan fingerprint density at radius 2 is 1.79 bits per heavy atom. The zero-order valence-corrected chi connectivity index (χ0v) is 18.2. The molecule has 0 radical (unpaired) electrons. The molecule has 1 heterocycles. The Bertz CT molecular complexity index is 932. The smallest absolute Gasteiger partial charge is 0.374 e. The van der Waals surface area contributed by atoms with Crippen LogP contribution in [0.3, 0.4) is 0 Å². The van der Waals surface area contributed by atoms with Gasteiger partial charge in [0.2, 0.25) is 5.82 Å². The molecule has 0 unspecified atom stereocenters. The van der Waals surface area contributed by atoms with Crippen molar-refractivity contribution in [2.24, 2.45) is 0 Å². The minimum absolute atomic E-state index is 0.179. The molecule has 1 N–H and O–H groups in total. The van der Waals surface area contributed by atoms with Crippen molar-refractivity contribution >= 4 is 17.6 Å². The Morgan fingerprint density at radius 1 is 1.18 bits per heavy atom. The number of rotatable bonds is 4. The van der Waals surface area contributed by atoms with Crippen LogP contribution in [0.1, 0.15) is 93.0 Å². The second-order valence-corrected chi connectivity index (χ2v) is 9.22. The lowest BCUT2D eigenvalue weighted by Crippen LogP contribution is -2.34. The van der Waals surface area contributed by atoms with Crippen molar-refractivity contribution in [3.05, 3.63) is 52.1 Å². The van der Waals surface area contributed by atoms with E-state index in [1.165, 1.54) is 35.1 Å². The first-order valence-corrected chi connectivity index (χ1v) is 10.1. The number of carbonyl (C=O) groups excluding carboxylic acids is 1. The third-order valence-electron chi connectivity index (χ3n) is 6.06. The van der Waals surface area contributed by atoms with E-state index in [9.17, 15) is 4.79 Å². The first-order valence-electron chi connectivity index (χ1n) is 10.1. The van der Waals surface area contributed by atoms with Crippen molar-refractivity contribution in [1.29, 1.82) is 0 Å². The van der Waals surface area contributed by atoms with Crippen molar-refractivity contribution in [2.45, 2.75) is 72.1 Å². The fraction of sp³-hybridized carbons (Fsp3) is 0.500. The van der Waals surface area contributed by atoms with Crippen molar-refractivity contribution in [1.82, 2.24) is 9.97 Å². The molecule has 3 rings (SSSR count). The fourth-order valence-electron chi connectivity index (χ4n) is 4.17. The number of nitrogens with zero attached hydrogens (tertiary/aromatic N) is 1. The monoisotopic (exact) mass is 380 g/mol. The van der Waals surface area contributed by atoms with E-state index in [1.807, 2.05) is 6.08 Å². The Kier molecular flexibility index (Phi) is 5.26. The maximum Gasteiger partial charge on any atom is 0.374 e. The van der Waals surface area contributed by atoms with Gasteiger partial charge in [-0.2, -0.15) is 0 Å². The van der Waals surface area contributed by atoms with Gasteiger partial charge in [-0.15, -0.1) is 0 Å². The molecular formula is C24H32N2O2. The van der Waals surface area contributed by atoms with Crippen LogP contribution in [-0.2, 0) is 15.6 Å². The van der Waals surface area contributed by atoms with E-state index in [1.54, 1.807) is 13.1 Å². The van der Waals surface area contributed by atoms with Gasteiger partial charge in [-0.3, -0.25) is 0 Å². The van der Waals surface area contributed by atoms with Crippen molar-refractivity contribution in [3.8, 4) is 0 Å². The molecule has 0 aliphatic heterocycles. The van der Waals surface area contributed by atoms with Gasteiger partial charge in [0.15, 0.2) is 0 Å². The van der Waals surface area contributed by atoms with Gasteiger partial charge in [0.05, 0.1) is 18.5 Å². The zero-order chi connectivity index (χ0) is 20.7. The predicted molar refractivity (Wildman–Crippen MR) is 115 cm³/mol. The average Bonchev–Trinajstić information content (AvgIpc) is 3.07. The number of H-pyrrole nitrogens is 1. The van der Waals surface area contributed by atoms with Crippen LogP contribution in [0.15, 0.2) is 18.3 Å². The van der Waals surface area contributed by atoms with E-state index in [2.05, 4.69) is 63.6 Å². The highest BCUT2D eigenvalue weighted by Crippen LogP contribution is 2.47. The lowest BCUT2D eigenvalue weighted by atomic mass is 9.62. The van der Waals surface area contributed by atoms with Gasteiger partial charge >= 0.3 is 5.97 Å². The van der Waals surface area contributed by atoms with Crippen LogP contribution in [0, 0.1) is 6.92 Å². The van der Waals surface area contributed by atoms with Gasteiger partial charge in [0.25, 0.3) is 0 Å². The highest BCUT2D eigenvalue weighted by Gasteiger charge is 2.37. The van der Waals surface area contributed by atoms with E-state index >= 15 is 0 Å². The molecule has 2 aromatic rings. The van der Waals surface area contributed by atoms with Crippen LogP contribution in [0.4, 0.5) is 0 Å². The van der Waals surface area contributed by atoms with Crippen LogP contribution >= 0.6 is 0 Å². The fourth-order valence-corrected chi connectivity index (χ4v) is 4.17. The Morgan fingerprint density at radius 3 is 2.39 bits per heavy atom. The number of esters is 1. The number of aryl methyl sites for hydroxylation is 1. The van der Waals surface area contributed by atoms with E-state index in [0.717, 1.165) is 11.3 Å². The number of imidazole rings is 1. The van der Waals surface area contributed by atoms with Crippen LogP contribution in [0.2, 0.25) is 0 Å². The summed E-state index contributed by atoms with van der Waals surface area (Å²) < 4.78 is 5.00. The van der Waals surface area contributed by atoms with Crippen LogP contribution in [0.5, 0.6) is 0 Å². The van der Waals surface area contributed by atoms with E-state index in [0.29, 0.717) is 6.61 Å². The van der Waals surface area contributed by atoms with E-state index < -0.39 is 5.97 Å². The topological polar surface area (TPSA) is 55.0 Å². The highest BCUT2D eigenvalue weighted by molar-refractivity contribution is 5.87. The molecule has 1 aromatic carbocycles. The number of hydrogen-bond acceptors (Lipinski definition) is 3. The Balaban J connectivity index is 2.00. The summed E-state index contributed by atoms with van der Waals surface area (Å²) in [7, 11) is 0. The summed E-state index contributed by atoms with van der Waals surface area (Å²) >= 11 is 0. The van der Waals surface area contributed by atoms with Crippen LogP contribution in [-0.4, -0.2) is 22.5 Å². The number of carbonyl (C=O) groups is 1. The summed E-state index contributed by atoms with van der Waals surface area (Å²) in [4.78, 5) is 19.0. The van der Waals surface area contributed by atoms with Gasteiger partial charge in [0.1, 0.15) is 0 Å². The molecule has 0 bridgehead atoms. The number of nitrogens with one attached hydrogen (secondary N) is 1. The standard InChI is InChI=1S/C24H32N2O2/c1-8-28-22(27)21-25-14-17(26-21)11-15(2)18-13-20-19(12-16(18)3)23(4,5)9-10-24(20,6)7/h11-14H,8-10H2,1-7H3,(H,25,26). The number of ether oxygens (including phenoxy) is 1. The molecule has 150 valence electrons. The molecule has 1 aliphatic rings. The van der Waals surface area contributed by atoms with Crippen LogP contribution < -0.4 is 0 Å². The molecule has 0 saturated heterocycles. The maximum absolute atomic E-state index is 11.8. The second kappa shape index (κ2) is 7.23. The number of aromatic nitrogens is 2. The molecule has 1 aromatic heterocycles. The van der Waals surface area contributed by atoms with Gasteiger partial charge in [0, 0.05) is 0 Å². The molecule has 28 heavy (non-hydrogen) atoms. The van der Waals surface area contributed by atoms with Crippen molar-refractivity contribution < 1.29 is 9.53 Å². The number of fused-ring (bicyclic) bond motifs is 1. The largest absolute Gasteiger partial charge is 0.460 e. The Hall–Kier alpha value is -2.36. The van der Waals surface area contributed by atoms with Crippen molar-refractivity contribution in [3.63, 3.8) is 0 Å². The SMILES string of the molecule is CCOC(=O)c1ncc(C=C(C)c2cc3c(cc2C)C(C)(C)CCC3(C)C)[nH]1. The molecule has 0 fully saturated rings. The summed E-state index contributed by atoms with van der Waals surface area (Å²) in [6, 6.07) is 4.75. The highest BCUT2D eigenvalue weighted by atomic mass is 16.5. The molecule has 0 spiro atoms. The molecule has 1 aliphatic carbocycles. The molecule has 0 amide bonds. The lowest BCUT2D eigenvalue weighted by Gasteiger charge is -2.42. The third kappa shape index (κ3) is 3.78. The molecule has 0 saturated carbocycles. The van der Waals surface area contributed by atoms with Gasteiger partial charge < -0.3 is 9.72 Å². The predicted octanol–water partition coefficient (Wildman–Crippen LogP) is 5.80. The summed E-state index contributed by atoms with van der Waals surface area (Å²) in [6.45, 7) is 15.8. The quantitative estimate of drug-likeness (QED) is 0.682. The number of aromatic amines is 1. The summed E-state index contributed by atoms with van der Waals surface area (Å²) in [5.74, 6) is -0.181. The minimum atomic E-state index is -0.422. The number of benzene rings is 1. The molecular weight excluding hydrogens is 348 g/mol. The van der Waals surface area contributed by atoms with Gasteiger partial charge in [-0.25, -0.2) is 9.78 Å². The second-order valence-electron chi connectivity index (χ2n) is 9.22. The van der Waals surface area contributed by atoms with Crippen molar-refractivity contribution in [2.75, 3.05) is 6.61 Å². The van der Waals surface area contributed by atoms with Gasteiger partial charge in [-0.05, 0) is 78.3 Å². The molecule has 4 nitrogen and oxygen atoms in total. The van der Waals surface area contributed by atoms with Gasteiger partial charge in [-0.1, -0.05) is 39.8 Å². The minimum Gasteiger partial charge on any atom is -0.460 e. The summed E-state index contributed by atoms with van der Waals surface area (Å²) in [5, 5.41) is 0. The third-order valence-corrected chi connectivity index (χ3v) is 6.06. The maximum atomic E-state index is 11.8. The Labute approximate surface area is 168 Å². The van der Waals surface area contributed by atoms with Crippen LogP contribution in [0.25, 0.3) is 11.6 Å².